The maximum atomic E-state index is 13.7. The second kappa shape index (κ2) is 4.28. The number of aromatic nitrogens is 1. The first-order valence-corrected chi connectivity index (χ1v) is 5.55. The van der Waals surface area contributed by atoms with E-state index < -0.39 is 11.6 Å². The quantitative estimate of drug-likeness (QED) is 0.862. The number of fused-ring (bicyclic) bond motifs is 1. The van der Waals surface area contributed by atoms with Crippen molar-refractivity contribution in [3.63, 3.8) is 0 Å². The lowest BCUT2D eigenvalue weighted by atomic mass is 10.1. The number of halogens is 2. The van der Waals surface area contributed by atoms with E-state index in [0.717, 1.165) is 23.9 Å². The predicted octanol–water partition coefficient (Wildman–Crippen LogP) is 3.56. The summed E-state index contributed by atoms with van der Waals surface area (Å²) in [6.07, 6.45) is 0. The van der Waals surface area contributed by atoms with Crippen molar-refractivity contribution in [2.24, 2.45) is 0 Å². The van der Waals surface area contributed by atoms with Crippen molar-refractivity contribution in [1.29, 1.82) is 0 Å². The number of nitrogens with one attached hydrogen (secondary N) is 1. The van der Waals surface area contributed by atoms with Crippen LogP contribution >= 0.6 is 0 Å². The fourth-order valence-electron chi connectivity index (χ4n) is 1.89. The van der Waals surface area contributed by atoms with Crippen LogP contribution in [0.5, 0.6) is 0 Å². The third kappa shape index (κ3) is 1.84. The Morgan fingerprint density at radius 1 is 1.24 bits per heavy atom. The van der Waals surface area contributed by atoms with Crippen LogP contribution in [0.25, 0.3) is 10.9 Å². The van der Waals surface area contributed by atoms with Crippen LogP contribution in [0.2, 0.25) is 0 Å². The van der Waals surface area contributed by atoms with Crippen molar-refractivity contribution in [2.75, 3.05) is 11.9 Å². The molecule has 1 aromatic heterocycles. The maximum Gasteiger partial charge on any atom is 0.185 e. The van der Waals surface area contributed by atoms with Gasteiger partial charge in [0.05, 0.1) is 0 Å². The van der Waals surface area contributed by atoms with Gasteiger partial charge < -0.3 is 5.32 Å². The molecule has 0 aliphatic carbocycles. The number of hydrogen-bond donors (Lipinski definition) is 1. The molecule has 0 saturated heterocycles. The average Bonchev–Trinajstić information content (AvgIpc) is 2.31. The zero-order chi connectivity index (χ0) is 12.6. The number of aryl methyl sites for hydroxylation is 1. The first kappa shape index (κ1) is 11.8. The van der Waals surface area contributed by atoms with Crippen molar-refractivity contribution >= 4 is 16.6 Å². The van der Waals surface area contributed by atoms with Crippen LogP contribution in [0.15, 0.2) is 12.1 Å². The van der Waals surface area contributed by atoms with Gasteiger partial charge in [-0.2, -0.15) is 0 Å². The average molecular weight is 236 g/mol. The highest BCUT2D eigenvalue weighted by Crippen LogP contribution is 2.30. The highest BCUT2D eigenvalue weighted by Gasteiger charge is 2.14. The van der Waals surface area contributed by atoms with Crippen molar-refractivity contribution in [1.82, 2.24) is 4.98 Å². The second-order valence-corrected chi connectivity index (χ2v) is 3.99. The van der Waals surface area contributed by atoms with E-state index in [1.54, 1.807) is 13.0 Å². The first-order valence-electron chi connectivity index (χ1n) is 5.55. The molecule has 0 aliphatic heterocycles. The molecule has 1 heterocycles. The molecule has 4 heteroatoms. The molecular weight excluding hydrogens is 222 g/mol. The molecule has 1 aromatic carbocycles. The van der Waals surface area contributed by atoms with Gasteiger partial charge in [-0.3, -0.25) is 0 Å². The molecule has 0 unspecified atom stereocenters. The number of hydrogen-bond acceptors (Lipinski definition) is 2. The third-order valence-electron chi connectivity index (χ3n) is 2.89. The Kier molecular flexibility index (Phi) is 2.96. The number of rotatable bonds is 2. The van der Waals surface area contributed by atoms with E-state index in [-0.39, 0.29) is 5.52 Å². The van der Waals surface area contributed by atoms with Crippen LogP contribution in [-0.2, 0) is 0 Å². The summed E-state index contributed by atoms with van der Waals surface area (Å²) in [5.74, 6) is -1.75. The molecule has 2 nitrogen and oxygen atoms in total. The summed E-state index contributed by atoms with van der Waals surface area (Å²) in [5, 5.41) is 3.80. The lowest BCUT2D eigenvalue weighted by Crippen LogP contribution is -2.04. The largest absolute Gasteiger partial charge is 0.385 e. The van der Waals surface area contributed by atoms with Crippen molar-refractivity contribution < 1.29 is 8.78 Å². The Morgan fingerprint density at radius 3 is 2.59 bits per heavy atom. The molecule has 0 bridgehead atoms. The summed E-state index contributed by atoms with van der Waals surface area (Å²) >= 11 is 0. The van der Waals surface area contributed by atoms with Gasteiger partial charge in [-0.25, -0.2) is 13.8 Å². The summed E-state index contributed by atoms with van der Waals surface area (Å²) < 4.78 is 26.8. The molecule has 2 rings (SSSR count). The van der Waals surface area contributed by atoms with Crippen LogP contribution < -0.4 is 5.32 Å². The van der Waals surface area contributed by atoms with Gasteiger partial charge in [-0.15, -0.1) is 0 Å². The minimum atomic E-state index is -0.884. The van der Waals surface area contributed by atoms with E-state index in [1.807, 2.05) is 13.8 Å². The molecular formula is C13H14F2N2. The van der Waals surface area contributed by atoms with E-state index >= 15 is 0 Å². The first-order chi connectivity index (χ1) is 8.06. The Labute approximate surface area is 98.7 Å². The van der Waals surface area contributed by atoms with E-state index in [2.05, 4.69) is 10.3 Å². The fourth-order valence-corrected chi connectivity index (χ4v) is 1.89. The van der Waals surface area contributed by atoms with Gasteiger partial charge >= 0.3 is 0 Å². The second-order valence-electron chi connectivity index (χ2n) is 3.99. The third-order valence-corrected chi connectivity index (χ3v) is 2.89. The van der Waals surface area contributed by atoms with Crippen molar-refractivity contribution in [3.05, 3.63) is 35.0 Å². The van der Waals surface area contributed by atoms with Crippen LogP contribution in [0.1, 0.15) is 18.2 Å². The van der Waals surface area contributed by atoms with E-state index in [9.17, 15) is 8.78 Å². The van der Waals surface area contributed by atoms with E-state index in [1.165, 1.54) is 0 Å². The maximum absolute atomic E-state index is 13.7. The molecule has 0 amide bonds. The van der Waals surface area contributed by atoms with Gasteiger partial charge in [-0.1, -0.05) is 0 Å². The Hall–Kier alpha value is -1.71. The number of nitrogens with zero attached hydrogens (tertiary/aromatic N) is 1. The minimum absolute atomic E-state index is 0.0871. The van der Waals surface area contributed by atoms with Crippen molar-refractivity contribution in [3.8, 4) is 0 Å². The van der Waals surface area contributed by atoms with Crippen LogP contribution in [-0.4, -0.2) is 11.5 Å². The van der Waals surface area contributed by atoms with E-state index in [4.69, 9.17) is 0 Å². The molecule has 17 heavy (non-hydrogen) atoms. The highest BCUT2D eigenvalue weighted by molar-refractivity contribution is 5.93. The molecule has 2 aromatic rings. The molecule has 0 saturated carbocycles. The van der Waals surface area contributed by atoms with Gasteiger partial charge in [0.1, 0.15) is 5.52 Å². The molecule has 0 atom stereocenters. The lowest BCUT2D eigenvalue weighted by molar-refractivity contribution is 0.515. The van der Waals surface area contributed by atoms with Crippen LogP contribution in [0, 0.1) is 25.5 Å². The van der Waals surface area contributed by atoms with Crippen LogP contribution in [0.3, 0.4) is 0 Å². The van der Waals surface area contributed by atoms with Crippen LogP contribution in [0.4, 0.5) is 14.5 Å². The smallest absolute Gasteiger partial charge is 0.185 e. The Balaban J connectivity index is 2.86. The zero-order valence-corrected chi connectivity index (χ0v) is 10.1. The molecule has 90 valence electrons. The monoisotopic (exact) mass is 236 g/mol. The standard InChI is InChI=1S/C13H14F2N2/c1-4-16-12-7(2)8(3)17-13-9(12)5-6-10(14)11(13)15/h5-6H,4H2,1-3H3,(H,16,17). The summed E-state index contributed by atoms with van der Waals surface area (Å²) in [6, 6.07) is 2.69. The number of pyridine rings is 1. The van der Waals surface area contributed by atoms with Gasteiger partial charge in [0.2, 0.25) is 0 Å². The number of benzene rings is 1. The predicted molar refractivity (Wildman–Crippen MR) is 65.3 cm³/mol. The topological polar surface area (TPSA) is 24.9 Å². The van der Waals surface area contributed by atoms with Gasteiger partial charge in [-0.05, 0) is 38.5 Å². The molecule has 0 fully saturated rings. The van der Waals surface area contributed by atoms with Gasteiger partial charge in [0, 0.05) is 23.3 Å². The molecule has 0 radical (unpaired) electrons. The molecule has 0 spiro atoms. The van der Waals surface area contributed by atoms with E-state index in [0.29, 0.717) is 11.1 Å². The normalized spacial score (nSPS) is 10.9. The summed E-state index contributed by atoms with van der Waals surface area (Å²) in [5.41, 5.74) is 2.58. The summed E-state index contributed by atoms with van der Waals surface area (Å²) in [7, 11) is 0. The summed E-state index contributed by atoms with van der Waals surface area (Å²) in [4.78, 5) is 4.12. The minimum Gasteiger partial charge on any atom is -0.385 e. The fraction of sp³-hybridized carbons (Fsp3) is 0.308. The van der Waals surface area contributed by atoms with Crippen molar-refractivity contribution in [2.45, 2.75) is 20.8 Å². The summed E-state index contributed by atoms with van der Waals surface area (Å²) in [6.45, 7) is 6.39. The van der Waals surface area contributed by atoms with Gasteiger partial charge in [0.25, 0.3) is 0 Å². The Morgan fingerprint density at radius 2 is 1.94 bits per heavy atom. The van der Waals surface area contributed by atoms with Gasteiger partial charge in [0.15, 0.2) is 11.6 Å². The SMILES string of the molecule is CCNc1c(C)c(C)nc2c(F)c(F)ccc12. The number of anilines is 1. The highest BCUT2D eigenvalue weighted by atomic mass is 19.2. The molecule has 0 aliphatic rings. The Bertz CT molecular complexity index is 579. The zero-order valence-electron chi connectivity index (χ0n) is 10.1. The molecule has 1 N–H and O–H groups in total. The lowest BCUT2D eigenvalue weighted by Gasteiger charge is -2.13.